The number of nitrogens with one attached hydrogen (secondary N) is 2. The molecular weight excluding hydrogens is 503 g/mol. The lowest BCUT2D eigenvalue weighted by Crippen LogP contribution is -2.50. The maximum absolute atomic E-state index is 5.53. The predicted octanol–water partition coefficient (Wildman–Crippen LogP) is 2.96. The van der Waals surface area contributed by atoms with E-state index in [0.29, 0.717) is 12.0 Å². The summed E-state index contributed by atoms with van der Waals surface area (Å²) >= 11 is 0. The molecule has 172 valence electrons. The van der Waals surface area contributed by atoms with Gasteiger partial charge in [0.15, 0.2) is 5.96 Å². The summed E-state index contributed by atoms with van der Waals surface area (Å²) in [4.78, 5) is 6.96. The number of guanidine groups is 1. The van der Waals surface area contributed by atoms with Crippen LogP contribution in [0, 0.1) is 5.92 Å². The summed E-state index contributed by atoms with van der Waals surface area (Å²) in [6.07, 6.45) is 4.96. The first kappa shape index (κ1) is 25.6. The number of morpholine rings is 1. The summed E-state index contributed by atoms with van der Waals surface area (Å²) in [6, 6.07) is 11.0. The second-order valence-electron chi connectivity index (χ2n) is 8.26. The van der Waals surface area contributed by atoms with E-state index in [-0.39, 0.29) is 24.0 Å². The minimum Gasteiger partial charge on any atom is -0.379 e. The van der Waals surface area contributed by atoms with Gasteiger partial charge in [-0.25, -0.2) is 0 Å². The van der Waals surface area contributed by atoms with Gasteiger partial charge in [0.25, 0.3) is 0 Å². The molecule has 2 aromatic rings. The molecule has 1 aliphatic heterocycles. The molecule has 7 nitrogen and oxygen atoms in total. The number of hydrogen-bond donors (Lipinski definition) is 2. The normalized spacial score (nSPS) is 16.1. The molecule has 1 atom stereocenters. The number of nitrogens with zero attached hydrogens (tertiary/aromatic N) is 4. The van der Waals surface area contributed by atoms with Gasteiger partial charge in [-0.3, -0.25) is 14.6 Å². The monoisotopic (exact) mass is 540 g/mol. The van der Waals surface area contributed by atoms with Crippen LogP contribution < -0.4 is 10.6 Å². The lowest BCUT2D eigenvalue weighted by molar-refractivity contribution is 0.0132. The first-order valence-electron chi connectivity index (χ1n) is 11.0. The Morgan fingerprint density at radius 2 is 1.94 bits per heavy atom. The number of benzene rings is 1. The van der Waals surface area contributed by atoms with Crippen LogP contribution in [0.25, 0.3) is 0 Å². The van der Waals surface area contributed by atoms with Crippen LogP contribution >= 0.6 is 24.0 Å². The highest BCUT2D eigenvalue weighted by atomic mass is 127. The van der Waals surface area contributed by atoms with E-state index in [4.69, 9.17) is 4.74 Å². The smallest absolute Gasteiger partial charge is 0.191 e. The second kappa shape index (κ2) is 13.7. The Labute approximate surface area is 203 Å². The lowest BCUT2D eigenvalue weighted by Gasteiger charge is -2.35. The Balaban J connectivity index is 0.00000341. The van der Waals surface area contributed by atoms with Crippen molar-refractivity contribution in [3.8, 4) is 0 Å². The molecule has 1 unspecified atom stereocenters. The number of aromatic nitrogens is 2. The highest BCUT2D eigenvalue weighted by molar-refractivity contribution is 14.0. The summed E-state index contributed by atoms with van der Waals surface area (Å²) in [5.41, 5.74) is 2.47. The molecule has 0 saturated carbocycles. The van der Waals surface area contributed by atoms with Gasteiger partial charge in [0.2, 0.25) is 0 Å². The molecule has 3 rings (SSSR count). The second-order valence-corrected chi connectivity index (χ2v) is 8.26. The van der Waals surface area contributed by atoms with Gasteiger partial charge in [0.05, 0.1) is 19.8 Å². The fourth-order valence-corrected chi connectivity index (χ4v) is 3.89. The topological polar surface area (TPSA) is 66.7 Å². The average Bonchev–Trinajstić information content (AvgIpc) is 3.26. The van der Waals surface area contributed by atoms with Crippen LogP contribution in [0.2, 0.25) is 0 Å². The molecule has 2 heterocycles. The molecule has 1 aliphatic rings. The predicted molar refractivity (Wildman–Crippen MR) is 137 cm³/mol. The Morgan fingerprint density at radius 1 is 1.16 bits per heavy atom. The molecule has 0 radical (unpaired) electrons. The number of rotatable bonds is 9. The minimum absolute atomic E-state index is 0. The van der Waals surface area contributed by atoms with Crippen molar-refractivity contribution in [3.63, 3.8) is 0 Å². The first-order valence-corrected chi connectivity index (χ1v) is 11.0. The van der Waals surface area contributed by atoms with Crippen molar-refractivity contribution in [1.29, 1.82) is 0 Å². The molecule has 1 aromatic carbocycles. The maximum Gasteiger partial charge on any atom is 0.191 e. The molecule has 0 bridgehead atoms. The van der Waals surface area contributed by atoms with E-state index in [1.807, 2.05) is 30.2 Å². The Morgan fingerprint density at radius 3 is 2.61 bits per heavy atom. The van der Waals surface area contributed by atoms with Gasteiger partial charge in [-0.1, -0.05) is 38.1 Å². The van der Waals surface area contributed by atoms with Crippen LogP contribution in [-0.4, -0.2) is 66.6 Å². The van der Waals surface area contributed by atoms with E-state index < -0.39 is 0 Å². The average molecular weight is 540 g/mol. The maximum atomic E-state index is 5.53. The molecule has 1 fully saturated rings. The molecule has 8 heteroatoms. The van der Waals surface area contributed by atoms with Crippen LogP contribution in [0.15, 0.2) is 47.7 Å². The van der Waals surface area contributed by atoms with Gasteiger partial charge in [-0.15, -0.1) is 24.0 Å². The summed E-state index contributed by atoms with van der Waals surface area (Å²) in [7, 11) is 1.83. The van der Waals surface area contributed by atoms with Crippen molar-refractivity contribution >= 4 is 29.9 Å². The lowest BCUT2D eigenvalue weighted by atomic mass is 10.0. The Hall–Kier alpha value is -1.65. The SMILES string of the molecule is CN=C(NCc1cccc(Cn2cccn2)c1)NCC(CC(C)C)N1CCOCC1.I. The molecule has 31 heavy (non-hydrogen) atoms. The van der Waals surface area contributed by atoms with Crippen molar-refractivity contribution in [2.24, 2.45) is 10.9 Å². The van der Waals surface area contributed by atoms with Crippen molar-refractivity contribution in [2.45, 2.75) is 39.4 Å². The standard InChI is InChI=1S/C23H36N6O.HI/c1-19(2)14-22(28-10-12-30-13-11-28)17-26-23(24-3)25-16-20-6-4-7-21(15-20)18-29-9-5-8-27-29;/h4-9,15,19,22H,10-14,16-18H2,1-3H3,(H2,24,25,26);1H. The van der Waals surface area contributed by atoms with E-state index in [9.17, 15) is 0 Å². The molecule has 0 amide bonds. The Bertz CT molecular complexity index is 774. The fraction of sp³-hybridized carbons (Fsp3) is 0.565. The van der Waals surface area contributed by atoms with Gasteiger partial charge in [0, 0.05) is 51.7 Å². The third-order valence-corrected chi connectivity index (χ3v) is 5.39. The number of aliphatic imine (C=N–C) groups is 1. The largest absolute Gasteiger partial charge is 0.379 e. The zero-order valence-corrected chi connectivity index (χ0v) is 21.3. The summed E-state index contributed by atoms with van der Waals surface area (Å²) in [5.74, 6) is 1.50. The minimum atomic E-state index is 0. The summed E-state index contributed by atoms with van der Waals surface area (Å²) < 4.78 is 7.47. The molecule has 0 aliphatic carbocycles. The third-order valence-electron chi connectivity index (χ3n) is 5.39. The van der Waals surface area contributed by atoms with Crippen LogP contribution in [0.4, 0.5) is 0 Å². The van der Waals surface area contributed by atoms with Crippen LogP contribution in [0.3, 0.4) is 0 Å². The molecule has 1 saturated heterocycles. The van der Waals surface area contributed by atoms with E-state index in [2.05, 4.69) is 63.7 Å². The van der Waals surface area contributed by atoms with Crippen LogP contribution in [-0.2, 0) is 17.8 Å². The van der Waals surface area contributed by atoms with E-state index in [0.717, 1.165) is 51.9 Å². The zero-order chi connectivity index (χ0) is 21.2. The van der Waals surface area contributed by atoms with Gasteiger partial charge in [-0.2, -0.15) is 5.10 Å². The number of halogens is 1. The highest BCUT2D eigenvalue weighted by Gasteiger charge is 2.22. The van der Waals surface area contributed by atoms with Gasteiger partial charge >= 0.3 is 0 Å². The van der Waals surface area contributed by atoms with Crippen molar-refractivity contribution in [1.82, 2.24) is 25.3 Å². The fourth-order valence-electron chi connectivity index (χ4n) is 3.89. The van der Waals surface area contributed by atoms with Crippen molar-refractivity contribution in [2.75, 3.05) is 39.9 Å². The van der Waals surface area contributed by atoms with Gasteiger partial charge < -0.3 is 15.4 Å². The first-order chi connectivity index (χ1) is 14.6. The van der Waals surface area contributed by atoms with Crippen molar-refractivity contribution < 1.29 is 4.74 Å². The van der Waals surface area contributed by atoms with E-state index in [1.165, 1.54) is 17.5 Å². The Kier molecular flexibility index (Phi) is 11.3. The van der Waals surface area contributed by atoms with E-state index in [1.54, 1.807) is 0 Å². The number of ether oxygens (including phenoxy) is 1. The molecule has 1 aromatic heterocycles. The summed E-state index contributed by atoms with van der Waals surface area (Å²) in [6.45, 7) is 10.7. The van der Waals surface area contributed by atoms with E-state index >= 15 is 0 Å². The van der Waals surface area contributed by atoms with Crippen molar-refractivity contribution in [3.05, 3.63) is 53.9 Å². The molecular formula is C23H37IN6O. The summed E-state index contributed by atoms with van der Waals surface area (Å²) in [5, 5.41) is 11.3. The van der Waals surface area contributed by atoms with Crippen LogP contribution in [0.1, 0.15) is 31.4 Å². The number of hydrogen-bond acceptors (Lipinski definition) is 4. The third kappa shape index (κ3) is 8.78. The molecule has 0 spiro atoms. The zero-order valence-electron chi connectivity index (χ0n) is 19.0. The highest BCUT2D eigenvalue weighted by Crippen LogP contribution is 2.13. The van der Waals surface area contributed by atoms with Crippen LogP contribution in [0.5, 0.6) is 0 Å². The van der Waals surface area contributed by atoms with Gasteiger partial charge in [0.1, 0.15) is 0 Å². The quantitative estimate of drug-likeness (QED) is 0.291. The van der Waals surface area contributed by atoms with Gasteiger partial charge in [-0.05, 0) is 29.5 Å². The molecule has 2 N–H and O–H groups in total.